The van der Waals surface area contributed by atoms with Gasteiger partial charge in [0.1, 0.15) is 17.9 Å². The quantitative estimate of drug-likeness (QED) is 0.127. The highest BCUT2D eigenvalue weighted by Crippen LogP contribution is 2.33. The molecule has 1 aliphatic heterocycles. The average molecular weight is 586 g/mol. The van der Waals surface area contributed by atoms with Crippen LogP contribution in [0.4, 0.5) is 16.2 Å². The van der Waals surface area contributed by atoms with Crippen molar-refractivity contribution in [2.45, 2.75) is 13.5 Å². The Morgan fingerprint density at radius 2 is 1.79 bits per heavy atom. The third kappa shape index (κ3) is 5.14. The fraction of sp³-hybridized carbons (Fsp3) is 0.0690. The second-order valence-corrected chi connectivity index (χ2v) is 9.66. The molecule has 194 valence electrons. The number of urea groups is 1. The molecule has 1 fully saturated rings. The molecule has 4 aromatic rings. The van der Waals surface area contributed by atoms with Gasteiger partial charge in [-0.3, -0.25) is 25.0 Å². The predicted octanol–water partition coefficient (Wildman–Crippen LogP) is 6.06. The number of nitro benzene ring substituents is 1. The lowest BCUT2D eigenvalue weighted by Gasteiger charge is -2.27. The molecule has 1 aliphatic rings. The molecule has 1 saturated heterocycles. The van der Waals surface area contributed by atoms with E-state index in [1.165, 1.54) is 18.2 Å². The number of non-ortho nitro benzene ring substituents is 1. The van der Waals surface area contributed by atoms with E-state index in [1.807, 2.05) is 37.3 Å². The molecule has 0 aliphatic carbocycles. The van der Waals surface area contributed by atoms with Gasteiger partial charge in [-0.1, -0.05) is 58.4 Å². The van der Waals surface area contributed by atoms with Crippen molar-refractivity contribution in [2.75, 3.05) is 4.90 Å². The van der Waals surface area contributed by atoms with Crippen molar-refractivity contribution in [3.05, 3.63) is 116 Å². The van der Waals surface area contributed by atoms with Crippen molar-refractivity contribution in [1.82, 2.24) is 5.32 Å². The first-order valence-electron chi connectivity index (χ1n) is 11.8. The third-order valence-corrected chi connectivity index (χ3v) is 7.13. The Morgan fingerprint density at radius 3 is 2.56 bits per heavy atom. The summed E-state index contributed by atoms with van der Waals surface area (Å²) in [7, 11) is 0. The Hall–Kier alpha value is -4.83. The largest absolute Gasteiger partial charge is 0.488 e. The topological polar surface area (TPSA) is 119 Å². The fourth-order valence-electron chi connectivity index (χ4n) is 4.28. The van der Waals surface area contributed by atoms with E-state index in [1.54, 1.807) is 36.4 Å². The van der Waals surface area contributed by atoms with E-state index in [9.17, 15) is 24.5 Å². The number of barbiturate groups is 1. The average Bonchev–Trinajstić information content (AvgIpc) is 2.92. The van der Waals surface area contributed by atoms with Crippen LogP contribution < -0.4 is 15.0 Å². The van der Waals surface area contributed by atoms with E-state index in [-0.39, 0.29) is 17.9 Å². The second kappa shape index (κ2) is 10.5. The lowest BCUT2D eigenvalue weighted by atomic mass is 9.99. The normalized spacial score (nSPS) is 14.6. The van der Waals surface area contributed by atoms with Crippen LogP contribution in [0.2, 0.25) is 0 Å². The van der Waals surface area contributed by atoms with Gasteiger partial charge in [-0.2, -0.15) is 0 Å². The number of nitrogens with zero attached hydrogens (tertiary/aromatic N) is 2. The molecular formula is C29H20BrN3O6. The van der Waals surface area contributed by atoms with Gasteiger partial charge in [0.05, 0.1) is 10.6 Å². The van der Waals surface area contributed by atoms with Gasteiger partial charge in [0.15, 0.2) is 0 Å². The molecule has 0 bridgehead atoms. The van der Waals surface area contributed by atoms with E-state index in [2.05, 4.69) is 21.2 Å². The number of anilines is 1. The maximum atomic E-state index is 13.5. The van der Waals surface area contributed by atoms with Crippen LogP contribution in [0.1, 0.15) is 16.7 Å². The number of rotatable bonds is 6. The van der Waals surface area contributed by atoms with Crippen LogP contribution >= 0.6 is 15.9 Å². The highest BCUT2D eigenvalue weighted by atomic mass is 79.9. The molecule has 5 rings (SSSR count). The van der Waals surface area contributed by atoms with Crippen molar-refractivity contribution < 1.29 is 24.0 Å². The van der Waals surface area contributed by atoms with Gasteiger partial charge in [0.25, 0.3) is 17.5 Å². The first kappa shape index (κ1) is 25.8. The summed E-state index contributed by atoms with van der Waals surface area (Å²) < 4.78 is 6.85. The number of carbonyl (C=O) groups is 3. The molecule has 1 N–H and O–H groups in total. The number of fused-ring (bicyclic) bond motifs is 1. The molecule has 1 heterocycles. The minimum absolute atomic E-state index is 0.0130. The standard InChI is InChI=1S/C29H20BrN3O6/c1-17-13-20(10-11-25(17)30)32-28(35)24(27(34)31-29(32)36)15-23-22-8-3-2-6-19(22)9-12-26(23)39-16-18-5-4-7-21(14-18)33(37)38/h2-15H,16H2,1H3,(H,31,34,36)/b24-15-. The van der Waals surface area contributed by atoms with Crippen molar-refractivity contribution >= 4 is 62.0 Å². The second-order valence-electron chi connectivity index (χ2n) is 8.81. The molecular weight excluding hydrogens is 566 g/mol. The summed E-state index contributed by atoms with van der Waals surface area (Å²) in [6.07, 6.45) is 1.41. The Kier molecular flexibility index (Phi) is 6.95. The number of aryl methyl sites for hydroxylation is 1. The van der Waals surface area contributed by atoms with E-state index < -0.39 is 22.8 Å². The van der Waals surface area contributed by atoms with Crippen molar-refractivity contribution in [1.29, 1.82) is 0 Å². The van der Waals surface area contributed by atoms with Gasteiger partial charge in [-0.15, -0.1) is 0 Å². The van der Waals surface area contributed by atoms with E-state index in [0.29, 0.717) is 28.0 Å². The molecule has 4 amide bonds. The highest BCUT2D eigenvalue weighted by Gasteiger charge is 2.37. The van der Waals surface area contributed by atoms with Gasteiger partial charge in [-0.05, 0) is 59.2 Å². The molecule has 0 aromatic heterocycles. The first-order valence-corrected chi connectivity index (χ1v) is 12.6. The van der Waals surface area contributed by atoms with Crippen LogP contribution in [-0.2, 0) is 16.2 Å². The van der Waals surface area contributed by atoms with Gasteiger partial charge < -0.3 is 4.74 Å². The number of imide groups is 2. The number of hydrogen-bond donors (Lipinski definition) is 1. The number of nitrogens with one attached hydrogen (secondary N) is 1. The van der Waals surface area contributed by atoms with Crippen molar-refractivity contribution in [2.24, 2.45) is 0 Å². The minimum atomic E-state index is -0.844. The molecule has 39 heavy (non-hydrogen) atoms. The monoisotopic (exact) mass is 585 g/mol. The molecule has 4 aromatic carbocycles. The van der Waals surface area contributed by atoms with Crippen LogP contribution in [0.3, 0.4) is 0 Å². The van der Waals surface area contributed by atoms with Crippen LogP contribution in [0.15, 0.2) is 88.9 Å². The first-order chi connectivity index (χ1) is 18.7. The van der Waals surface area contributed by atoms with Crippen LogP contribution in [0, 0.1) is 17.0 Å². The predicted molar refractivity (Wildman–Crippen MR) is 149 cm³/mol. The molecule has 0 radical (unpaired) electrons. The smallest absolute Gasteiger partial charge is 0.335 e. The number of nitro groups is 1. The summed E-state index contributed by atoms with van der Waals surface area (Å²) in [4.78, 5) is 50.7. The molecule has 0 saturated carbocycles. The summed E-state index contributed by atoms with van der Waals surface area (Å²) in [6.45, 7) is 1.84. The number of carbonyl (C=O) groups excluding carboxylic acids is 3. The third-order valence-electron chi connectivity index (χ3n) is 6.24. The van der Waals surface area contributed by atoms with Crippen LogP contribution in [0.5, 0.6) is 5.75 Å². The van der Waals surface area contributed by atoms with Gasteiger partial charge >= 0.3 is 6.03 Å². The zero-order chi connectivity index (χ0) is 27.7. The van der Waals surface area contributed by atoms with Crippen molar-refractivity contribution in [3.63, 3.8) is 0 Å². The Labute approximate surface area is 231 Å². The highest BCUT2D eigenvalue weighted by molar-refractivity contribution is 9.10. The maximum absolute atomic E-state index is 13.5. The molecule has 10 heteroatoms. The fourth-order valence-corrected chi connectivity index (χ4v) is 4.52. The van der Waals surface area contributed by atoms with Gasteiger partial charge in [0, 0.05) is 22.2 Å². The SMILES string of the molecule is Cc1cc(N2C(=O)NC(=O)/C(=C/c3c(OCc4cccc([N+](=O)[O-])c4)ccc4ccccc34)C2=O)ccc1Br. The zero-order valence-corrected chi connectivity index (χ0v) is 22.1. The Balaban J connectivity index is 1.57. The molecule has 9 nitrogen and oxygen atoms in total. The molecule has 0 spiro atoms. The number of halogens is 1. The number of amides is 4. The van der Waals surface area contributed by atoms with Gasteiger partial charge in [0.2, 0.25) is 0 Å². The Morgan fingerprint density at radius 1 is 1.00 bits per heavy atom. The van der Waals surface area contributed by atoms with Crippen LogP contribution in [-0.4, -0.2) is 22.8 Å². The number of ether oxygens (including phenoxy) is 1. The lowest BCUT2D eigenvalue weighted by Crippen LogP contribution is -2.54. The van der Waals surface area contributed by atoms with Gasteiger partial charge in [-0.25, -0.2) is 9.69 Å². The molecule has 0 unspecified atom stereocenters. The minimum Gasteiger partial charge on any atom is -0.488 e. The maximum Gasteiger partial charge on any atom is 0.335 e. The molecule has 0 atom stereocenters. The number of benzene rings is 4. The lowest BCUT2D eigenvalue weighted by molar-refractivity contribution is -0.384. The Bertz CT molecular complexity index is 1710. The van der Waals surface area contributed by atoms with E-state index in [0.717, 1.165) is 20.3 Å². The van der Waals surface area contributed by atoms with E-state index >= 15 is 0 Å². The summed E-state index contributed by atoms with van der Waals surface area (Å²) in [5.41, 5.74) is 1.85. The zero-order valence-electron chi connectivity index (χ0n) is 20.5. The van der Waals surface area contributed by atoms with Crippen molar-refractivity contribution in [3.8, 4) is 5.75 Å². The summed E-state index contributed by atoms with van der Waals surface area (Å²) in [5, 5.41) is 15.0. The van der Waals surface area contributed by atoms with E-state index in [4.69, 9.17) is 4.74 Å². The summed E-state index contributed by atoms with van der Waals surface area (Å²) in [5.74, 6) is -1.24. The number of hydrogen-bond acceptors (Lipinski definition) is 6. The van der Waals surface area contributed by atoms with Crippen LogP contribution in [0.25, 0.3) is 16.8 Å². The summed E-state index contributed by atoms with van der Waals surface area (Å²) in [6, 6.07) is 21.2. The summed E-state index contributed by atoms with van der Waals surface area (Å²) >= 11 is 3.41.